The van der Waals surface area contributed by atoms with Crippen molar-refractivity contribution in [3.8, 4) is 5.75 Å². The molecule has 4 rings (SSSR count). The monoisotopic (exact) mass is 360 g/mol. The summed E-state index contributed by atoms with van der Waals surface area (Å²) in [6.07, 6.45) is 1.16. The van der Waals surface area contributed by atoms with Gasteiger partial charge in [0.1, 0.15) is 17.4 Å². The van der Waals surface area contributed by atoms with Gasteiger partial charge >= 0.3 is 0 Å². The van der Waals surface area contributed by atoms with Gasteiger partial charge in [-0.1, -0.05) is 30.0 Å². The van der Waals surface area contributed by atoms with Crippen LogP contribution in [-0.2, 0) is 11.3 Å². The van der Waals surface area contributed by atoms with Gasteiger partial charge in [-0.3, -0.25) is 0 Å². The van der Waals surface area contributed by atoms with Gasteiger partial charge in [0.25, 0.3) is 0 Å². The van der Waals surface area contributed by atoms with Gasteiger partial charge in [0.05, 0.1) is 17.6 Å². The summed E-state index contributed by atoms with van der Waals surface area (Å²) >= 11 is 1.28. The predicted octanol–water partition coefficient (Wildman–Crippen LogP) is 3.67. The molecule has 128 valence electrons. The van der Waals surface area contributed by atoms with Crippen LogP contribution in [0, 0.1) is 11.6 Å². The van der Waals surface area contributed by atoms with Crippen molar-refractivity contribution in [1.29, 1.82) is 0 Å². The number of rotatable bonds is 2. The van der Waals surface area contributed by atoms with Crippen molar-refractivity contribution in [1.82, 2.24) is 0 Å². The van der Waals surface area contributed by atoms with Gasteiger partial charge in [-0.05, 0) is 24.3 Å². The first kappa shape index (κ1) is 16.1. The molecule has 2 atom stereocenters. The van der Waals surface area contributed by atoms with Gasteiger partial charge in [0.2, 0.25) is 6.29 Å². The second kappa shape index (κ2) is 6.50. The van der Waals surface area contributed by atoms with Crippen LogP contribution in [0.2, 0.25) is 0 Å². The summed E-state index contributed by atoms with van der Waals surface area (Å²) in [6.45, 7) is 0.420. The number of thioether (sulfide) groups is 1. The third-order valence-corrected chi connectivity index (χ3v) is 4.87. The van der Waals surface area contributed by atoms with Crippen molar-refractivity contribution in [2.45, 2.75) is 18.1 Å². The summed E-state index contributed by atoms with van der Waals surface area (Å²) in [6, 6.07) is 11.0. The zero-order valence-electron chi connectivity index (χ0n) is 13.0. The normalized spacial score (nSPS) is 22.5. The molecular formula is C18H14F2N2O2S. The molecule has 2 heterocycles. The van der Waals surface area contributed by atoms with Crippen molar-refractivity contribution < 1.29 is 18.3 Å². The summed E-state index contributed by atoms with van der Waals surface area (Å²) in [4.78, 5) is 4.18. The Bertz CT molecular complexity index is 885. The van der Waals surface area contributed by atoms with E-state index in [1.54, 1.807) is 6.08 Å². The van der Waals surface area contributed by atoms with E-state index in [0.717, 1.165) is 17.4 Å². The Balaban J connectivity index is 1.63. The Morgan fingerprint density at radius 2 is 2.00 bits per heavy atom. The molecule has 0 amide bonds. The van der Waals surface area contributed by atoms with Gasteiger partial charge in [-0.15, -0.1) is 0 Å². The van der Waals surface area contributed by atoms with Gasteiger partial charge in [0.15, 0.2) is 5.17 Å². The lowest BCUT2D eigenvalue weighted by molar-refractivity contribution is -0.101. The number of hydrogen-bond acceptors (Lipinski definition) is 5. The molecule has 0 spiro atoms. The molecule has 0 aliphatic carbocycles. The van der Waals surface area contributed by atoms with Crippen LogP contribution in [0.3, 0.4) is 0 Å². The maximum absolute atomic E-state index is 14.1. The van der Waals surface area contributed by atoms with Crippen LogP contribution in [-0.4, -0.2) is 16.7 Å². The average molecular weight is 360 g/mol. The molecule has 2 N–H and O–H groups in total. The van der Waals surface area contributed by atoms with Crippen molar-refractivity contribution in [2.24, 2.45) is 10.7 Å². The standard InChI is InChI=1S/C18H14F2N2O2S/c19-11-5-6-12(13(20)7-11)14-8-16(25-18(21)22-14)17-23-9-10-3-1-2-4-15(10)24-17/h1-8,16-17H,9H2,(H2,21,22). The number of fused-ring (bicyclic) bond motifs is 1. The molecule has 2 unspecified atom stereocenters. The fraction of sp³-hybridized carbons (Fsp3) is 0.167. The molecule has 0 aromatic heterocycles. The summed E-state index contributed by atoms with van der Waals surface area (Å²) in [5.41, 5.74) is 7.39. The minimum Gasteiger partial charge on any atom is -0.463 e. The van der Waals surface area contributed by atoms with Gasteiger partial charge in [-0.25, -0.2) is 13.8 Å². The molecule has 0 saturated carbocycles. The van der Waals surface area contributed by atoms with Crippen molar-refractivity contribution >= 4 is 22.6 Å². The van der Waals surface area contributed by atoms with Crippen LogP contribution >= 0.6 is 11.8 Å². The summed E-state index contributed by atoms with van der Waals surface area (Å²) in [5.74, 6) is -0.580. The van der Waals surface area contributed by atoms with Crippen LogP contribution in [0.15, 0.2) is 53.5 Å². The number of ether oxygens (including phenoxy) is 2. The fourth-order valence-corrected chi connectivity index (χ4v) is 3.60. The molecule has 0 fully saturated rings. The molecule has 7 heteroatoms. The summed E-state index contributed by atoms with van der Waals surface area (Å²) < 4.78 is 38.9. The van der Waals surface area contributed by atoms with Gasteiger partial charge in [0, 0.05) is 17.2 Å². The predicted molar refractivity (Wildman–Crippen MR) is 93.0 cm³/mol. The van der Waals surface area contributed by atoms with Crippen LogP contribution in [0.4, 0.5) is 8.78 Å². The number of aliphatic imine (C=N–C) groups is 1. The number of nitrogens with zero attached hydrogens (tertiary/aromatic N) is 1. The highest BCUT2D eigenvalue weighted by molar-refractivity contribution is 8.14. The fourth-order valence-electron chi connectivity index (χ4n) is 2.72. The Morgan fingerprint density at radius 3 is 2.84 bits per heavy atom. The van der Waals surface area contributed by atoms with E-state index in [-0.39, 0.29) is 16.0 Å². The van der Waals surface area contributed by atoms with E-state index in [9.17, 15) is 8.78 Å². The van der Waals surface area contributed by atoms with Crippen molar-refractivity contribution in [3.63, 3.8) is 0 Å². The van der Waals surface area contributed by atoms with E-state index in [1.165, 1.54) is 23.9 Å². The van der Waals surface area contributed by atoms with E-state index in [4.69, 9.17) is 15.2 Å². The minimum absolute atomic E-state index is 0.186. The largest absolute Gasteiger partial charge is 0.463 e. The summed E-state index contributed by atoms with van der Waals surface area (Å²) in [7, 11) is 0. The summed E-state index contributed by atoms with van der Waals surface area (Å²) in [5, 5.41) is -0.0254. The van der Waals surface area contributed by atoms with Gasteiger partial charge < -0.3 is 15.2 Å². The third-order valence-electron chi connectivity index (χ3n) is 3.90. The van der Waals surface area contributed by atoms with Crippen LogP contribution < -0.4 is 10.5 Å². The highest BCUT2D eigenvalue weighted by Gasteiger charge is 2.31. The zero-order valence-corrected chi connectivity index (χ0v) is 13.8. The molecule has 25 heavy (non-hydrogen) atoms. The smallest absolute Gasteiger partial charge is 0.216 e. The van der Waals surface area contributed by atoms with Gasteiger partial charge in [-0.2, -0.15) is 0 Å². The first-order valence-corrected chi connectivity index (χ1v) is 8.52. The molecule has 2 aromatic carbocycles. The number of halogens is 2. The van der Waals surface area contributed by atoms with E-state index >= 15 is 0 Å². The Morgan fingerprint density at radius 1 is 1.16 bits per heavy atom. The Hall–Kier alpha value is -2.38. The average Bonchev–Trinajstić information content (AvgIpc) is 2.60. The zero-order chi connectivity index (χ0) is 17.4. The van der Waals surface area contributed by atoms with Crippen LogP contribution in [0.25, 0.3) is 5.70 Å². The van der Waals surface area contributed by atoms with Crippen LogP contribution in [0.1, 0.15) is 11.1 Å². The highest BCUT2D eigenvalue weighted by Crippen LogP contribution is 2.35. The van der Waals surface area contributed by atoms with E-state index in [1.807, 2.05) is 24.3 Å². The molecular weight excluding hydrogens is 346 g/mol. The van der Waals surface area contributed by atoms with Crippen LogP contribution in [0.5, 0.6) is 5.75 Å². The lowest BCUT2D eigenvalue weighted by Gasteiger charge is -2.31. The minimum atomic E-state index is -0.690. The first-order valence-electron chi connectivity index (χ1n) is 7.64. The highest BCUT2D eigenvalue weighted by atomic mass is 32.2. The van der Waals surface area contributed by atoms with E-state index < -0.39 is 17.9 Å². The third kappa shape index (κ3) is 3.25. The van der Waals surface area contributed by atoms with E-state index in [0.29, 0.717) is 12.3 Å². The molecule has 2 aliphatic rings. The van der Waals surface area contributed by atoms with Crippen molar-refractivity contribution in [3.05, 3.63) is 71.3 Å². The molecule has 0 radical (unpaired) electrons. The number of amidine groups is 1. The Kier molecular flexibility index (Phi) is 4.19. The number of hydrogen-bond donors (Lipinski definition) is 1. The lowest BCUT2D eigenvalue weighted by Crippen LogP contribution is -2.36. The molecule has 0 saturated heterocycles. The Labute approximate surface area is 147 Å². The molecule has 2 aliphatic heterocycles. The van der Waals surface area contributed by atoms with Crippen molar-refractivity contribution in [2.75, 3.05) is 0 Å². The lowest BCUT2D eigenvalue weighted by atomic mass is 10.1. The second-order valence-corrected chi connectivity index (χ2v) is 6.81. The maximum Gasteiger partial charge on any atom is 0.216 e. The molecule has 2 aromatic rings. The first-order chi connectivity index (χ1) is 12.1. The number of benzene rings is 2. The van der Waals surface area contributed by atoms with E-state index in [2.05, 4.69) is 4.99 Å². The number of nitrogens with two attached hydrogens (primary N) is 1. The number of para-hydroxylation sites is 1. The maximum atomic E-state index is 14.1. The topological polar surface area (TPSA) is 56.8 Å². The molecule has 0 bridgehead atoms. The SMILES string of the molecule is NC1=NC(c2ccc(F)cc2F)=CC(C2OCc3ccccc3O2)S1. The molecule has 4 nitrogen and oxygen atoms in total. The quantitative estimate of drug-likeness (QED) is 0.888. The second-order valence-electron chi connectivity index (χ2n) is 5.61.